The van der Waals surface area contributed by atoms with Crippen LogP contribution < -0.4 is 15.0 Å². The average molecular weight is 354 g/mol. The second-order valence-corrected chi connectivity index (χ2v) is 6.93. The van der Waals surface area contributed by atoms with Crippen molar-refractivity contribution in [3.63, 3.8) is 0 Å². The van der Waals surface area contributed by atoms with Gasteiger partial charge in [-0.2, -0.15) is 0 Å². The second kappa shape index (κ2) is 4.88. The van der Waals surface area contributed by atoms with Crippen LogP contribution in [0.1, 0.15) is 18.9 Å². The molecule has 2 aliphatic rings. The lowest BCUT2D eigenvalue weighted by atomic mass is 9.81. The number of hydrogen-bond acceptors (Lipinski definition) is 4. The van der Waals surface area contributed by atoms with Gasteiger partial charge in [-0.1, -0.05) is 6.92 Å². The molecule has 3 rings (SSSR count). The number of anilines is 1. The van der Waals surface area contributed by atoms with E-state index in [1.165, 1.54) is 5.56 Å². The van der Waals surface area contributed by atoms with Crippen LogP contribution in [0, 0.1) is 0 Å². The smallest absolute Gasteiger partial charge is 0.409 e. The summed E-state index contributed by atoms with van der Waals surface area (Å²) in [7, 11) is 5.82. The summed E-state index contributed by atoms with van der Waals surface area (Å²) in [6.07, 6.45) is 1.03. The van der Waals surface area contributed by atoms with E-state index >= 15 is 0 Å². The highest BCUT2D eigenvalue weighted by atomic mass is 79.9. The highest BCUT2D eigenvalue weighted by Gasteiger charge is 2.52. The Morgan fingerprint density at radius 3 is 2.86 bits per heavy atom. The molecule has 6 heteroatoms. The lowest BCUT2D eigenvalue weighted by Gasteiger charge is -2.32. The maximum atomic E-state index is 11.5. The summed E-state index contributed by atoms with van der Waals surface area (Å²) in [5.41, 5.74) is 2.57. The maximum Gasteiger partial charge on any atom is 0.412 e. The molecule has 0 radical (unpaired) electrons. The molecule has 1 aromatic rings. The van der Waals surface area contributed by atoms with Crippen molar-refractivity contribution in [2.75, 3.05) is 32.6 Å². The predicted molar refractivity (Wildman–Crippen MR) is 86.0 cm³/mol. The molecule has 5 nitrogen and oxygen atoms in total. The number of likely N-dealkylation sites (N-methyl/N-ethyl adjacent to an activating group) is 2. The van der Waals surface area contributed by atoms with E-state index in [9.17, 15) is 4.79 Å². The molecule has 2 atom stereocenters. The minimum absolute atomic E-state index is 0.118. The van der Waals surface area contributed by atoms with Gasteiger partial charge in [0.2, 0.25) is 0 Å². The van der Waals surface area contributed by atoms with E-state index in [1.807, 2.05) is 6.07 Å². The molecule has 0 aliphatic carbocycles. The van der Waals surface area contributed by atoms with Crippen molar-refractivity contribution in [1.29, 1.82) is 0 Å². The number of fused-ring (bicyclic) bond motifs is 3. The first-order valence-corrected chi connectivity index (χ1v) is 7.84. The number of amides is 1. The highest BCUT2D eigenvalue weighted by Crippen LogP contribution is 2.53. The van der Waals surface area contributed by atoms with Gasteiger partial charge in [-0.3, -0.25) is 4.90 Å². The van der Waals surface area contributed by atoms with Crippen molar-refractivity contribution in [1.82, 2.24) is 10.2 Å². The minimum atomic E-state index is -0.458. The van der Waals surface area contributed by atoms with Crippen molar-refractivity contribution in [3.8, 4) is 5.75 Å². The van der Waals surface area contributed by atoms with Gasteiger partial charge in [-0.25, -0.2) is 4.79 Å². The molecule has 1 amide bonds. The number of rotatable bonds is 1. The number of carbonyl (C=O) groups is 1. The fraction of sp³-hybridized carbons (Fsp3) is 0.533. The van der Waals surface area contributed by atoms with Gasteiger partial charge in [0.25, 0.3) is 0 Å². The van der Waals surface area contributed by atoms with Crippen molar-refractivity contribution in [2.24, 2.45) is 0 Å². The number of halogens is 1. The number of carbonyl (C=O) groups excluding carboxylic acids is 1. The van der Waals surface area contributed by atoms with Crippen LogP contribution in [-0.4, -0.2) is 44.8 Å². The molecule has 1 N–H and O–H groups in total. The third-order valence-electron chi connectivity index (χ3n) is 4.79. The van der Waals surface area contributed by atoms with Crippen LogP contribution in [0.15, 0.2) is 16.6 Å². The molecule has 114 valence electrons. The van der Waals surface area contributed by atoms with Gasteiger partial charge < -0.3 is 15.0 Å². The molecule has 0 saturated carbocycles. The van der Waals surface area contributed by atoms with Gasteiger partial charge in [-0.05, 0) is 41.0 Å². The van der Waals surface area contributed by atoms with E-state index in [-0.39, 0.29) is 5.41 Å². The normalized spacial score (nSPS) is 27.5. The van der Waals surface area contributed by atoms with E-state index in [1.54, 1.807) is 7.05 Å². The second-order valence-electron chi connectivity index (χ2n) is 6.07. The van der Waals surface area contributed by atoms with Crippen molar-refractivity contribution >= 4 is 27.7 Å². The third-order valence-corrected chi connectivity index (χ3v) is 5.41. The molecule has 1 saturated heterocycles. The Labute approximate surface area is 133 Å². The lowest BCUT2D eigenvalue weighted by Crippen LogP contribution is -2.45. The first-order chi connectivity index (χ1) is 9.88. The zero-order valence-corrected chi connectivity index (χ0v) is 14.3. The number of nitrogens with zero attached hydrogens (tertiary/aromatic N) is 2. The third kappa shape index (κ3) is 2.04. The number of ether oxygens (including phenoxy) is 1. The minimum Gasteiger partial charge on any atom is -0.409 e. The lowest BCUT2D eigenvalue weighted by molar-refractivity contribution is 0.202. The first-order valence-electron chi connectivity index (χ1n) is 7.05. The van der Waals surface area contributed by atoms with E-state index in [0.717, 1.165) is 23.1 Å². The van der Waals surface area contributed by atoms with Crippen LogP contribution in [-0.2, 0) is 5.41 Å². The number of hydrogen-bond donors (Lipinski definition) is 1. The van der Waals surface area contributed by atoms with Crippen molar-refractivity contribution < 1.29 is 9.53 Å². The summed E-state index contributed by atoms with van der Waals surface area (Å²) in [6.45, 7) is 3.41. The Morgan fingerprint density at radius 2 is 2.19 bits per heavy atom. The van der Waals surface area contributed by atoms with Crippen molar-refractivity contribution in [2.45, 2.75) is 24.9 Å². The molecular weight excluding hydrogens is 334 g/mol. The first kappa shape index (κ1) is 14.7. The van der Waals surface area contributed by atoms with Crippen LogP contribution >= 0.6 is 15.9 Å². The van der Waals surface area contributed by atoms with Gasteiger partial charge in [-0.15, -0.1) is 0 Å². The average Bonchev–Trinajstić information content (AvgIpc) is 2.86. The maximum absolute atomic E-state index is 11.5. The molecular formula is C15H20BrN3O2. The summed E-state index contributed by atoms with van der Waals surface area (Å²) >= 11 is 3.53. The predicted octanol–water partition coefficient (Wildman–Crippen LogP) is 2.54. The molecule has 1 fully saturated rings. The number of likely N-dealkylation sites (tertiary alicyclic amines) is 1. The Bertz CT molecular complexity index is 607. The zero-order valence-electron chi connectivity index (χ0n) is 12.7. The van der Waals surface area contributed by atoms with Crippen molar-refractivity contribution in [3.05, 3.63) is 22.2 Å². The van der Waals surface area contributed by atoms with Crippen LogP contribution in [0.2, 0.25) is 0 Å². The van der Waals surface area contributed by atoms with E-state index in [4.69, 9.17) is 4.74 Å². The molecule has 0 spiro atoms. The fourth-order valence-corrected chi connectivity index (χ4v) is 4.22. The van der Waals surface area contributed by atoms with Gasteiger partial charge in [0, 0.05) is 37.8 Å². The standard InChI is InChI=1S/C15H20BrN3O2/c1-15-5-6-18(3)13(15)19(4)11-8-12(21-14(20)17-2)10(16)7-9(11)15/h7-8,13H,5-6H2,1-4H3,(H,17,20)/t13-,15+/m0/s1. The SMILES string of the molecule is CNC(=O)Oc1cc2c(cc1Br)[C@@]1(C)CCN(C)[C@H]1N2C. The summed E-state index contributed by atoms with van der Waals surface area (Å²) in [5, 5.41) is 2.47. The summed E-state index contributed by atoms with van der Waals surface area (Å²) in [5.74, 6) is 0.547. The van der Waals surface area contributed by atoms with Gasteiger partial charge in [0.05, 0.1) is 10.6 Å². The van der Waals surface area contributed by atoms with E-state index in [2.05, 4.69) is 58.1 Å². The van der Waals surface area contributed by atoms with Crippen LogP contribution in [0.5, 0.6) is 5.75 Å². The fourth-order valence-electron chi connectivity index (χ4n) is 3.80. The molecule has 0 unspecified atom stereocenters. The Morgan fingerprint density at radius 1 is 1.48 bits per heavy atom. The molecule has 1 aromatic carbocycles. The van der Waals surface area contributed by atoms with Crippen LogP contribution in [0.3, 0.4) is 0 Å². The summed E-state index contributed by atoms with van der Waals surface area (Å²) in [4.78, 5) is 16.1. The van der Waals surface area contributed by atoms with Gasteiger partial charge in [0.15, 0.2) is 0 Å². The molecule has 0 aromatic heterocycles. The molecule has 21 heavy (non-hydrogen) atoms. The number of nitrogens with one attached hydrogen (secondary N) is 1. The van der Waals surface area contributed by atoms with Gasteiger partial charge >= 0.3 is 6.09 Å². The Hall–Kier alpha value is -1.27. The van der Waals surface area contributed by atoms with E-state index < -0.39 is 6.09 Å². The highest BCUT2D eigenvalue weighted by molar-refractivity contribution is 9.10. The van der Waals surface area contributed by atoms with Crippen LogP contribution in [0.25, 0.3) is 0 Å². The largest absolute Gasteiger partial charge is 0.412 e. The molecule has 2 aliphatic heterocycles. The molecule has 2 heterocycles. The van der Waals surface area contributed by atoms with Crippen LogP contribution in [0.4, 0.5) is 10.5 Å². The quantitative estimate of drug-likeness (QED) is 0.842. The molecule has 0 bridgehead atoms. The zero-order chi connectivity index (χ0) is 15.4. The monoisotopic (exact) mass is 353 g/mol. The Kier molecular flexibility index (Phi) is 3.41. The number of benzene rings is 1. The Balaban J connectivity index is 2.06. The summed E-state index contributed by atoms with van der Waals surface area (Å²) in [6, 6.07) is 4.05. The summed E-state index contributed by atoms with van der Waals surface area (Å²) < 4.78 is 6.13. The topological polar surface area (TPSA) is 44.8 Å². The van der Waals surface area contributed by atoms with Gasteiger partial charge in [0.1, 0.15) is 5.75 Å². The van der Waals surface area contributed by atoms with E-state index in [0.29, 0.717) is 11.9 Å².